The number of piperidine rings is 4. The highest BCUT2D eigenvalue weighted by atomic mass is 16.5. The molecule has 0 unspecified atom stereocenters. The molecule has 0 aliphatic carbocycles. The number of hydrogen-bond acceptors (Lipinski definition) is 17. The van der Waals surface area contributed by atoms with E-state index in [0.29, 0.717) is 82.4 Å². The Hall–Kier alpha value is -8.65. The van der Waals surface area contributed by atoms with Gasteiger partial charge in [0.2, 0.25) is 17.7 Å². The van der Waals surface area contributed by atoms with Gasteiger partial charge in [-0.2, -0.15) is 10.2 Å². The Morgan fingerprint density at radius 2 is 0.852 bits per heavy atom. The number of rotatable bonds is 36. The van der Waals surface area contributed by atoms with Crippen molar-refractivity contribution in [3.8, 4) is 0 Å². The standard InChI is InChI=1S/C50H71N7O5.C27H40N2O3.C21H32N6O/c1-4-5-6-7-8-9-10-11-12-17-47(59)62-36-57-45-16-14-13-15-40(45)33-44(50(57)61)39-18-24-55(25-19-39)46(58)34-41(31-38-30-37(2)48-42(32-38)35-51-52-48)49(60)56-28-26-54(27-29-56)43-20-22-53(3)23-21-43;1-2-3-4-5-6-7-8-9-10-15-26(30)32-21-29-25-14-12-11-13-23(25)20-24(27(29)31)22-16-18-28-19-17-22;1-15-11-16(12-17-14-23-24-20(15)17)13-19(22)21(28)27-9-7-26(8-10-27)18-3-5-25(2)6-4-18/h13-16,30,32-33,35,39,41,43H,4-12,17-29,31,34,36H2,1-3H3,(H,51,52);11-14,20,22,28H,2-10,15-19,21H2,1H3;11-12,14,18-19H,3-10,13,22H2,1-2H3,(H,23,24)/t41-;;19-/m0.1/s1. The smallest absolute Gasteiger partial charge is 0.307 e. The highest BCUT2D eigenvalue weighted by Crippen LogP contribution is 2.33. The normalized spacial score (nSPS) is 17.8. The van der Waals surface area contributed by atoms with Crippen molar-refractivity contribution < 1.29 is 33.4 Å². The molecule has 4 aromatic heterocycles. The summed E-state index contributed by atoms with van der Waals surface area (Å²) in [7, 11) is 4.38. The quantitative estimate of drug-likeness (QED) is 0.0210. The van der Waals surface area contributed by atoms with E-state index in [9.17, 15) is 33.6 Å². The van der Waals surface area contributed by atoms with Crippen LogP contribution in [0.1, 0.15) is 245 Å². The minimum absolute atomic E-state index is 0.00554. The SMILES string of the molecule is CCCCCCCCCCCC(=O)OCn1c(=O)c(C2CCN(C(=O)C[C@H](Cc3cc(C)c4[nH]ncc4c3)C(=O)N3CCN(C4CCN(C)CC4)CC3)CC2)cc2ccccc21.CCCCCCCCCCCC(=O)OCn1c(=O)c(C2CCNCC2)cc2ccccc21.Cc1cc(C[C@@H](N)C(=O)N2CCN(C3CCN(C)CC3)CC2)cc2cn[nH]c12. The van der Waals surface area contributed by atoms with Gasteiger partial charge in [-0.25, -0.2) is 0 Å². The molecule has 0 saturated carbocycles. The molecule has 4 aromatic carbocycles. The third-order valence-corrected chi connectivity index (χ3v) is 27.1. The lowest BCUT2D eigenvalue weighted by Crippen LogP contribution is -2.56. The summed E-state index contributed by atoms with van der Waals surface area (Å²) in [4.78, 5) is 110. The molecule has 0 bridgehead atoms. The number of nitrogens with zero attached hydrogens (tertiary/aromatic N) is 11. The number of H-pyrrole nitrogens is 2. The number of pyridine rings is 2. The number of carbonyl (C=O) groups is 5. The number of aromatic nitrogens is 6. The third kappa shape index (κ3) is 26.2. The van der Waals surface area contributed by atoms with Gasteiger partial charge in [-0.15, -0.1) is 0 Å². The molecule has 3 amide bonds. The molecule has 24 nitrogen and oxygen atoms in total. The number of likely N-dealkylation sites (tertiary alicyclic amines) is 3. The summed E-state index contributed by atoms with van der Waals surface area (Å²) in [5.74, 6) is -0.612. The van der Waals surface area contributed by atoms with Crippen LogP contribution in [0.15, 0.2) is 107 Å². The first-order valence-corrected chi connectivity index (χ1v) is 47.0. The molecule has 14 rings (SSSR count). The van der Waals surface area contributed by atoms with E-state index in [0.717, 1.165) is 182 Å². The van der Waals surface area contributed by atoms with Crippen molar-refractivity contribution in [1.29, 1.82) is 0 Å². The molecule has 122 heavy (non-hydrogen) atoms. The van der Waals surface area contributed by atoms with E-state index in [1.165, 1.54) is 122 Å². The summed E-state index contributed by atoms with van der Waals surface area (Å²) in [5, 5.41) is 21.8. The first kappa shape index (κ1) is 92.5. The molecule has 8 aromatic rings. The van der Waals surface area contributed by atoms with E-state index >= 15 is 0 Å². The van der Waals surface area contributed by atoms with Crippen LogP contribution in [-0.2, 0) is 59.7 Å². The zero-order chi connectivity index (χ0) is 85.7. The Kier molecular flexibility index (Phi) is 36.0. The zero-order valence-corrected chi connectivity index (χ0v) is 74.5. The number of unbranched alkanes of at least 4 members (excludes halogenated alkanes) is 16. The molecule has 24 heteroatoms. The molecule has 6 saturated heterocycles. The second-order valence-electron chi connectivity index (χ2n) is 36.1. The lowest BCUT2D eigenvalue weighted by molar-refractivity contribution is -0.148. The maximum atomic E-state index is 14.4. The van der Waals surface area contributed by atoms with Crippen molar-refractivity contribution in [2.45, 2.75) is 270 Å². The molecular weight excluding hydrogens is 1530 g/mol. The Bertz CT molecular complexity index is 4760. The predicted octanol–water partition coefficient (Wildman–Crippen LogP) is 14.7. The van der Waals surface area contributed by atoms with Gasteiger partial charge >= 0.3 is 11.9 Å². The third-order valence-electron chi connectivity index (χ3n) is 27.1. The first-order chi connectivity index (χ1) is 59.4. The Morgan fingerprint density at radius 1 is 0.451 bits per heavy atom. The Morgan fingerprint density at radius 3 is 1.30 bits per heavy atom. The van der Waals surface area contributed by atoms with Crippen LogP contribution < -0.4 is 22.2 Å². The summed E-state index contributed by atoms with van der Waals surface area (Å²) in [5.41, 5.74) is 15.6. The summed E-state index contributed by atoms with van der Waals surface area (Å²) in [6, 6.07) is 28.8. The number of nitrogens with two attached hydrogens (primary N) is 1. The van der Waals surface area contributed by atoms with E-state index < -0.39 is 12.0 Å². The van der Waals surface area contributed by atoms with Gasteiger partial charge in [0, 0.05) is 119 Å². The van der Waals surface area contributed by atoms with Crippen molar-refractivity contribution in [2.24, 2.45) is 11.7 Å². The number of amides is 3. The maximum absolute atomic E-state index is 14.4. The van der Waals surface area contributed by atoms with E-state index in [2.05, 4.69) is 111 Å². The summed E-state index contributed by atoms with van der Waals surface area (Å²) >= 11 is 0. The van der Waals surface area contributed by atoms with E-state index in [-0.39, 0.29) is 72.5 Å². The fourth-order valence-corrected chi connectivity index (χ4v) is 19.6. The summed E-state index contributed by atoms with van der Waals surface area (Å²) in [6.07, 6.45) is 35.2. The molecule has 5 N–H and O–H groups in total. The van der Waals surface area contributed by atoms with Gasteiger partial charge in [0.05, 0.1) is 46.4 Å². The van der Waals surface area contributed by atoms with Crippen LogP contribution in [0.25, 0.3) is 43.6 Å². The lowest BCUT2D eigenvalue weighted by atomic mass is 9.88. The van der Waals surface area contributed by atoms with Crippen molar-refractivity contribution in [3.63, 3.8) is 0 Å². The van der Waals surface area contributed by atoms with E-state index in [1.807, 2.05) is 87.8 Å². The first-order valence-electron chi connectivity index (χ1n) is 47.0. The Balaban J connectivity index is 0.000000188. The van der Waals surface area contributed by atoms with Crippen LogP contribution in [0.5, 0.6) is 0 Å². The Labute approximate surface area is 724 Å². The fraction of sp³-hybridized carbons (Fsp3) is 0.622. The van der Waals surface area contributed by atoms with Crippen molar-refractivity contribution in [3.05, 3.63) is 151 Å². The van der Waals surface area contributed by atoms with Crippen LogP contribution in [-0.4, -0.2) is 230 Å². The summed E-state index contributed by atoms with van der Waals surface area (Å²) < 4.78 is 14.5. The molecule has 6 aliphatic heterocycles. The number of ether oxygens (including phenoxy) is 2. The predicted molar refractivity (Wildman–Crippen MR) is 488 cm³/mol. The largest absolute Gasteiger partial charge is 0.444 e. The molecule has 10 heterocycles. The van der Waals surface area contributed by atoms with Crippen LogP contribution in [0.4, 0.5) is 0 Å². The van der Waals surface area contributed by atoms with Gasteiger partial charge in [-0.05, 0) is 226 Å². The number of esters is 2. The van der Waals surface area contributed by atoms with Crippen LogP contribution in [0, 0.1) is 19.8 Å². The molecule has 0 radical (unpaired) electrons. The number of piperazine rings is 2. The molecular formula is C98H143N15O9. The minimum Gasteiger partial charge on any atom is -0.444 e. The summed E-state index contributed by atoms with van der Waals surface area (Å²) in [6.45, 7) is 22.5. The van der Waals surface area contributed by atoms with Crippen LogP contribution >= 0.6 is 0 Å². The van der Waals surface area contributed by atoms with Crippen molar-refractivity contribution in [1.82, 2.24) is 69.1 Å². The number of hydrogen-bond donors (Lipinski definition) is 4. The monoisotopic (exact) mass is 1670 g/mol. The van der Waals surface area contributed by atoms with Crippen LogP contribution in [0.3, 0.4) is 0 Å². The average Bonchev–Trinajstić information content (AvgIpc) is 1.07. The molecule has 0 spiro atoms. The van der Waals surface area contributed by atoms with E-state index in [4.69, 9.17) is 15.2 Å². The lowest BCUT2D eigenvalue weighted by Gasteiger charge is -2.43. The molecule has 664 valence electrons. The van der Waals surface area contributed by atoms with Crippen molar-refractivity contribution in [2.75, 3.05) is 119 Å². The second-order valence-corrected chi connectivity index (χ2v) is 36.1. The highest BCUT2D eigenvalue weighted by molar-refractivity contribution is 5.88. The number of carbonyl (C=O) groups excluding carboxylic acids is 5. The van der Waals surface area contributed by atoms with Crippen LogP contribution in [0.2, 0.25) is 0 Å². The molecule has 2 atom stereocenters. The maximum Gasteiger partial charge on any atom is 0.307 e. The second kappa shape index (κ2) is 47.4. The average molecular weight is 1680 g/mol. The van der Waals surface area contributed by atoms with Gasteiger partial charge in [0.1, 0.15) is 0 Å². The number of aromatic amines is 2. The minimum atomic E-state index is -0.487. The molecule has 6 fully saturated rings. The topological polar surface area (TPSA) is 266 Å². The number of fused-ring (bicyclic) bond motifs is 4. The number of benzene rings is 4. The number of aryl methyl sites for hydroxylation is 2. The molecule has 6 aliphatic rings. The number of para-hydroxylation sites is 2. The van der Waals surface area contributed by atoms with E-state index in [1.54, 1.807) is 9.13 Å². The van der Waals surface area contributed by atoms with Crippen molar-refractivity contribution >= 4 is 73.3 Å². The van der Waals surface area contributed by atoms with Gasteiger partial charge in [0.15, 0.2) is 13.5 Å². The highest BCUT2D eigenvalue weighted by Gasteiger charge is 2.36. The van der Waals surface area contributed by atoms with Gasteiger partial charge < -0.3 is 45.0 Å². The van der Waals surface area contributed by atoms with Gasteiger partial charge in [-0.1, -0.05) is 165 Å². The van der Waals surface area contributed by atoms with Gasteiger partial charge in [0.25, 0.3) is 11.1 Å². The zero-order valence-electron chi connectivity index (χ0n) is 74.5. The fourth-order valence-electron chi connectivity index (χ4n) is 19.6. The van der Waals surface area contributed by atoms with Gasteiger partial charge in [-0.3, -0.25) is 62.7 Å². The number of nitrogens with one attached hydrogen (secondary N) is 3.